The van der Waals surface area contributed by atoms with Crippen LogP contribution in [0.2, 0.25) is 0 Å². The second-order valence-electron chi connectivity index (χ2n) is 16.7. The molecular formula is C43H45BrN6O6. The summed E-state index contributed by atoms with van der Waals surface area (Å²) in [6, 6.07) is 23.8. The predicted molar refractivity (Wildman–Crippen MR) is 218 cm³/mol. The molecule has 290 valence electrons. The monoisotopic (exact) mass is 820 g/mol. The Morgan fingerprint density at radius 3 is 1.57 bits per heavy atom. The zero-order chi connectivity index (χ0) is 39.5. The van der Waals surface area contributed by atoms with Gasteiger partial charge in [-0.3, -0.25) is 0 Å². The average molecular weight is 822 g/mol. The van der Waals surface area contributed by atoms with E-state index in [2.05, 4.69) is 72.4 Å². The number of H-pyrrole nitrogens is 1. The first-order valence-electron chi connectivity index (χ1n) is 18.4. The van der Waals surface area contributed by atoms with Crippen LogP contribution in [-0.4, -0.2) is 48.4 Å². The number of rotatable bonds is 5. The van der Waals surface area contributed by atoms with Crippen LogP contribution >= 0.6 is 15.9 Å². The number of benzene rings is 4. The standard InChI is InChI=1S/C23H24N4O3.C20H21BrN2O3/c1-22(2,3)12-28-15-5-7-19-17(11-15)23(13-29-21(24)27-23)16-10-14(4-6-18(16)30-19)20-25-8-9-26-20;1-19(2,3)10-24-13-5-7-17-15(9-13)20(11-25-18(22)23-20)14-8-12(21)4-6-16(14)26-17/h4-11H,12-13H2,1-3H3,(H2,24,27)(H,25,26);4-9H,10-11H2,1-3H3,(H2,22,23)/t23-;20-/m00/s1. The minimum Gasteiger partial charge on any atom is -0.493 e. The minimum absolute atomic E-state index is 0.0493. The summed E-state index contributed by atoms with van der Waals surface area (Å²) in [5.74, 6) is 5.26. The maximum atomic E-state index is 6.22. The summed E-state index contributed by atoms with van der Waals surface area (Å²) in [6.45, 7) is 14.7. The van der Waals surface area contributed by atoms with Crippen LogP contribution in [0.25, 0.3) is 11.4 Å². The molecule has 0 fully saturated rings. The molecule has 2 spiro atoms. The normalized spacial score (nSPS) is 20.1. The van der Waals surface area contributed by atoms with Gasteiger partial charge >= 0.3 is 0 Å². The summed E-state index contributed by atoms with van der Waals surface area (Å²) < 4.78 is 36.5. The molecule has 0 bridgehead atoms. The Morgan fingerprint density at radius 1 is 0.661 bits per heavy atom. The summed E-state index contributed by atoms with van der Waals surface area (Å²) >= 11 is 3.54. The second-order valence-corrected chi connectivity index (χ2v) is 17.6. The van der Waals surface area contributed by atoms with Crippen molar-refractivity contribution in [1.29, 1.82) is 0 Å². The van der Waals surface area contributed by atoms with Crippen molar-refractivity contribution in [2.45, 2.75) is 52.6 Å². The van der Waals surface area contributed by atoms with E-state index in [-0.39, 0.29) is 22.9 Å². The van der Waals surface area contributed by atoms with Gasteiger partial charge in [0.05, 0.1) is 13.2 Å². The Kier molecular flexibility index (Phi) is 9.18. The van der Waals surface area contributed by atoms with Gasteiger partial charge in [-0.1, -0.05) is 57.5 Å². The molecule has 5 aromatic rings. The molecule has 5 heterocycles. The first kappa shape index (κ1) is 37.2. The summed E-state index contributed by atoms with van der Waals surface area (Å²) in [6.07, 6.45) is 3.52. The number of halogens is 1. The van der Waals surface area contributed by atoms with Gasteiger partial charge in [-0.25, -0.2) is 15.0 Å². The second kappa shape index (κ2) is 13.8. The molecule has 0 aliphatic carbocycles. The largest absolute Gasteiger partial charge is 0.493 e. The molecule has 0 radical (unpaired) electrons. The van der Waals surface area contributed by atoms with Crippen molar-refractivity contribution < 1.29 is 28.4 Å². The lowest BCUT2D eigenvalue weighted by atomic mass is 9.80. The molecule has 0 amide bonds. The van der Waals surface area contributed by atoms with Crippen molar-refractivity contribution in [3.63, 3.8) is 0 Å². The van der Waals surface area contributed by atoms with Gasteiger partial charge in [0.15, 0.2) is 11.1 Å². The summed E-state index contributed by atoms with van der Waals surface area (Å²) in [7, 11) is 0. The molecule has 2 atom stereocenters. The number of imidazole rings is 1. The van der Waals surface area contributed by atoms with Crippen molar-refractivity contribution in [2.75, 3.05) is 26.4 Å². The van der Waals surface area contributed by atoms with Gasteiger partial charge in [-0.2, -0.15) is 0 Å². The lowest BCUT2D eigenvalue weighted by Gasteiger charge is -2.34. The Labute approximate surface area is 334 Å². The van der Waals surface area contributed by atoms with Crippen molar-refractivity contribution in [1.82, 2.24) is 9.97 Å². The number of nitrogens with two attached hydrogens (primary N) is 2. The molecule has 4 aromatic carbocycles. The maximum Gasteiger partial charge on any atom is 0.283 e. The van der Waals surface area contributed by atoms with E-state index in [0.29, 0.717) is 26.4 Å². The van der Waals surface area contributed by atoms with Crippen molar-refractivity contribution >= 4 is 28.0 Å². The van der Waals surface area contributed by atoms with E-state index in [4.69, 9.17) is 44.9 Å². The van der Waals surface area contributed by atoms with Crippen molar-refractivity contribution in [3.05, 3.63) is 112 Å². The third-order valence-electron chi connectivity index (χ3n) is 9.62. The van der Waals surface area contributed by atoms with Gasteiger partial charge in [0.25, 0.3) is 12.0 Å². The van der Waals surface area contributed by atoms with Crippen LogP contribution in [0.5, 0.6) is 34.5 Å². The molecule has 0 saturated heterocycles. The summed E-state index contributed by atoms with van der Waals surface area (Å²) in [5.41, 5.74) is 15.0. The lowest BCUT2D eigenvalue weighted by molar-refractivity contribution is 0.197. The van der Waals surface area contributed by atoms with Gasteiger partial charge in [0.2, 0.25) is 0 Å². The van der Waals surface area contributed by atoms with Gasteiger partial charge in [0, 0.05) is 44.7 Å². The van der Waals surface area contributed by atoms with E-state index in [1.165, 1.54) is 0 Å². The highest BCUT2D eigenvalue weighted by Gasteiger charge is 2.48. The van der Waals surface area contributed by atoms with Crippen LogP contribution in [-0.2, 0) is 20.6 Å². The Morgan fingerprint density at radius 2 is 1.12 bits per heavy atom. The van der Waals surface area contributed by atoms with Crippen LogP contribution in [0.15, 0.2) is 99.6 Å². The van der Waals surface area contributed by atoms with Gasteiger partial charge < -0.3 is 44.9 Å². The number of ether oxygens (including phenoxy) is 6. The fourth-order valence-corrected chi connectivity index (χ4v) is 7.35. The van der Waals surface area contributed by atoms with Crippen LogP contribution in [0.3, 0.4) is 0 Å². The third kappa shape index (κ3) is 7.11. The number of nitrogens with one attached hydrogen (secondary N) is 1. The van der Waals surface area contributed by atoms with E-state index in [0.717, 1.165) is 72.6 Å². The lowest BCUT2D eigenvalue weighted by Crippen LogP contribution is -2.31. The highest BCUT2D eigenvalue weighted by atomic mass is 79.9. The Balaban J connectivity index is 0.000000159. The molecule has 56 heavy (non-hydrogen) atoms. The van der Waals surface area contributed by atoms with E-state index in [1.807, 2.05) is 72.8 Å². The van der Waals surface area contributed by atoms with Crippen molar-refractivity contribution in [2.24, 2.45) is 32.3 Å². The van der Waals surface area contributed by atoms with Crippen LogP contribution < -0.4 is 30.4 Å². The fraction of sp³-hybridized carbons (Fsp3) is 0.326. The number of aliphatic imine (C=N–C) groups is 2. The molecule has 4 aliphatic heterocycles. The van der Waals surface area contributed by atoms with Crippen LogP contribution in [0.4, 0.5) is 0 Å². The zero-order valence-electron chi connectivity index (χ0n) is 32.2. The fourth-order valence-electron chi connectivity index (χ4n) is 6.99. The SMILES string of the molecule is CC(C)(C)COc1ccc2c(c1)[C@]1(COC(N)=N1)c1cc(-c3ncc[nH]3)ccc1O2.CC(C)(C)COc1ccc2c(c1)[C@]1(COC(N)=N1)c1cc(Br)ccc1O2. The van der Waals surface area contributed by atoms with Gasteiger partial charge in [-0.15, -0.1) is 0 Å². The van der Waals surface area contributed by atoms with Gasteiger partial charge in [0.1, 0.15) is 53.5 Å². The first-order chi connectivity index (χ1) is 26.6. The zero-order valence-corrected chi connectivity index (χ0v) is 33.8. The molecule has 0 saturated carbocycles. The Bertz CT molecular complexity index is 2370. The van der Waals surface area contributed by atoms with Gasteiger partial charge in [-0.05, 0) is 83.6 Å². The molecule has 4 aliphatic rings. The number of hydrogen-bond acceptors (Lipinski definition) is 11. The van der Waals surface area contributed by atoms with Crippen molar-refractivity contribution in [3.8, 4) is 45.9 Å². The van der Waals surface area contributed by atoms with Crippen LogP contribution in [0.1, 0.15) is 63.8 Å². The average Bonchev–Trinajstić information content (AvgIpc) is 3.92. The van der Waals surface area contributed by atoms with E-state index >= 15 is 0 Å². The predicted octanol–water partition coefficient (Wildman–Crippen LogP) is 8.76. The third-order valence-corrected chi connectivity index (χ3v) is 10.1. The number of hydrogen-bond donors (Lipinski definition) is 3. The minimum atomic E-state index is -0.795. The first-order valence-corrected chi connectivity index (χ1v) is 19.2. The quantitative estimate of drug-likeness (QED) is 0.157. The molecule has 0 unspecified atom stereocenters. The number of fused-ring (bicyclic) bond motifs is 8. The number of amidine groups is 2. The summed E-state index contributed by atoms with van der Waals surface area (Å²) in [5, 5.41) is 0. The van der Waals surface area contributed by atoms with E-state index in [1.54, 1.807) is 12.4 Å². The molecule has 13 heteroatoms. The van der Waals surface area contributed by atoms with Crippen LogP contribution in [0, 0.1) is 10.8 Å². The Hall–Kier alpha value is -5.69. The number of aromatic amines is 1. The molecular weight excluding hydrogens is 776 g/mol. The van der Waals surface area contributed by atoms with E-state index in [9.17, 15) is 0 Å². The molecule has 9 rings (SSSR count). The number of aromatic nitrogens is 2. The highest BCUT2D eigenvalue weighted by molar-refractivity contribution is 9.10. The molecule has 1 aromatic heterocycles. The molecule has 12 nitrogen and oxygen atoms in total. The summed E-state index contributed by atoms with van der Waals surface area (Å²) in [4.78, 5) is 16.9. The highest BCUT2D eigenvalue weighted by Crippen LogP contribution is 2.54. The topological polar surface area (TPSA) is 161 Å². The molecule has 5 N–H and O–H groups in total. The smallest absolute Gasteiger partial charge is 0.283 e. The van der Waals surface area contributed by atoms with E-state index < -0.39 is 11.1 Å². The maximum absolute atomic E-state index is 6.22. The number of nitrogens with zero attached hydrogens (tertiary/aromatic N) is 3.